The number of aromatic nitrogens is 1. The molecule has 1 aromatic carbocycles. The molecule has 0 radical (unpaired) electrons. The average Bonchev–Trinajstić information content (AvgIpc) is 3.43. The van der Waals surface area contributed by atoms with E-state index in [1.807, 2.05) is 0 Å². The van der Waals surface area contributed by atoms with E-state index in [1.165, 1.54) is 48.7 Å². The van der Waals surface area contributed by atoms with Gasteiger partial charge in [-0.15, -0.1) is 0 Å². The Labute approximate surface area is 144 Å². The molecule has 1 saturated carbocycles. The van der Waals surface area contributed by atoms with Crippen LogP contribution in [0.5, 0.6) is 0 Å². The summed E-state index contributed by atoms with van der Waals surface area (Å²) in [5.74, 6) is -1.11. The van der Waals surface area contributed by atoms with Gasteiger partial charge in [-0.05, 0) is 48.2 Å². The molecule has 1 atom stereocenters. The molecule has 1 fully saturated rings. The highest BCUT2D eigenvalue weighted by Crippen LogP contribution is 2.29. The number of carbonyl (C=O) groups is 1. The van der Waals surface area contributed by atoms with E-state index in [-0.39, 0.29) is 24.3 Å². The van der Waals surface area contributed by atoms with Gasteiger partial charge in [-0.25, -0.2) is 8.78 Å². The first kappa shape index (κ1) is 17.2. The van der Waals surface area contributed by atoms with Crippen LogP contribution in [0.4, 0.5) is 8.78 Å². The Morgan fingerprint density at radius 3 is 2.60 bits per heavy atom. The van der Waals surface area contributed by atoms with E-state index in [4.69, 9.17) is 0 Å². The molecule has 2 aromatic rings. The molecule has 0 saturated heterocycles. The van der Waals surface area contributed by atoms with Crippen molar-refractivity contribution >= 4 is 12.0 Å². The van der Waals surface area contributed by atoms with Gasteiger partial charge >= 0.3 is 0 Å². The van der Waals surface area contributed by atoms with Crippen LogP contribution in [0.25, 0.3) is 6.08 Å². The molecule has 130 valence electrons. The molecule has 0 aliphatic heterocycles. The zero-order valence-corrected chi connectivity index (χ0v) is 13.5. The van der Waals surface area contributed by atoms with Gasteiger partial charge in [0.2, 0.25) is 5.91 Å². The summed E-state index contributed by atoms with van der Waals surface area (Å²) < 4.78 is 26.1. The van der Waals surface area contributed by atoms with Crippen LogP contribution in [0.2, 0.25) is 0 Å². The maximum atomic E-state index is 13.1. The number of benzene rings is 1. The maximum Gasteiger partial charge on any atom is 0.246 e. The fraction of sp³-hybridized carbons (Fsp3) is 0.263. The first-order chi connectivity index (χ1) is 12.0. The summed E-state index contributed by atoms with van der Waals surface area (Å²) in [5.41, 5.74) is 1.04. The number of hydrogen-bond donors (Lipinski definition) is 1. The fourth-order valence-electron chi connectivity index (χ4n) is 2.56. The maximum absolute atomic E-state index is 13.1. The van der Waals surface area contributed by atoms with Crippen molar-refractivity contribution in [1.82, 2.24) is 9.88 Å². The van der Waals surface area contributed by atoms with E-state index < -0.39 is 11.9 Å². The lowest BCUT2D eigenvalue weighted by Gasteiger charge is -2.24. The zero-order chi connectivity index (χ0) is 17.8. The molecule has 1 aliphatic carbocycles. The standard InChI is InChI=1S/C19H18F2N2O2/c20-15-4-2-14(3-5-15)18(24)12-23(17-6-7-17)19(25)8-1-13-9-16(21)11-22-10-13/h1-5,8-11,17-18,24H,6-7,12H2/b8-1+. The molecule has 1 aliphatic rings. The van der Waals surface area contributed by atoms with Gasteiger partial charge in [0, 0.05) is 18.3 Å². The number of aliphatic hydroxyl groups is 1. The molecule has 0 bridgehead atoms. The normalized spacial score (nSPS) is 15.3. The summed E-state index contributed by atoms with van der Waals surface area (Å²) in [7, 11) is 0. The van der Waals surface area contributed by atoms with Crippen LogP contribution in [-0.4, -0.2) is 33.5 Å². The van der Waals surface area contributed by atoms with Crippen molar-refractivity contribution in [2.75, 3.05) is 6.54 Å². The van der Waals surface area contributed by atoms with Crippen molar-refractivity contribution in [3.63, 3.8) is 0 Å². The van der Waals surface area contributed by atoms with E-state index >= 15 is 0 Å². The van der Waals surface area contributed by atoms with Gasteiger partial charge in [0.15, 0.2) is 0 Å². The minimum absolute atomic E-state index is 0.0953. The summed E-state index contributed by atoms with van der Waals surface area (Å²) in [6, 6.07) is 6.94. The van der Waals surface area contributed by atoms with Crippen LogP contribution in [0.3, 0.4) is 0 Å². The van der Waals surface area contributed by atoms with Gasteiger partial charge in [-0.3, -0.25) is 9.78 Å². The fourth-order valence-corrected chi connectivity index (χ4v) is 2.56. The van der Waals surface area contributed by atoms with Crippen LogP contribution in [0, 0.1) is 11.6 Å². The molecular formula is C19H18F2N2O2. The number of rotatable bonds is 6. The smallest absolute Gasteiger partial charge is 0.246 e. The molecule has 25 heavy (non-hydrogen) atoms. The Morgan fingerprint density at radius 1 is 1.24 bits per heavy atom. The molecule has 1 aromatic heterocycles. The van der Waals surface area contributed by atoms with E-state index in [1.54, 1.807) is 4.90 Å². The summed E-state index contributed by atoms with van der Waals surface area (Å²) in [5, 5.41) is 10.3. The average molecular weight is 344 g/mol. The van der Waals surface area contributed by atoms with Gasteiger partial charge in [0.25, 0.3) is 0 Å². The zero-order valence-electron chi connectivity index (χ0n) is 13.5. The number of amides is 1. The topological polar surface area (TPSA) is 53.4 Å². The van der Waals surface area contributed by atoms with Crippen LogP contribution >= 0.6 is 0 Å². The van der Waals surface area contributed by atoms with Gasteiger partial charge in [0.1, 0.15) is 11.6 Å². The van der Waals surface area contributed by atoms with Crippen molar-refractivity contribution in [3.05, 3.63) is 71.6 Å². The highest BCUT2D eigenvalue weighted by molar-refractivity contribution is 5.92. The molecule has 6 heteroatoms. The molecule has 1 amide bonds. The first-order valence-electron chi connectivity index (χ1n) is 8.05. The molecule has 1 unspecified atom stereocenters. The molecular weight excluding hydrogens is 326 g/mol. The van der Waals surface area contributed by atoms with Crippen LogP contribution in [-0.2, 0) is 4.79 Å². The highest BCUT2D eigenvalue weighted by Gasteiger charge is 2.33. The van der Waals surface area contributed by atoms with Crippen molar-refractivity contribution < 1.29 is 18.7 Å². The number of nitrogens with zero attached hydrogens (tertiary/aromatic N) is 2. The first-order valence-corrected chi connectivity index (χ1v) is 8.05. The minimum Gasteiger partial charge on any atom is -0.387 e. The quantitative estimate of drug-likeness (QED) is 0.820. The second kappa shape index (κ2) is 7.53. The van der Waals surface area contributed by atoms with Crippen LogP contribution in [0.1, 0.15) is 30.1 Å². The molecule has 4 nitrogen and oxygen atoms in total. The van der Waals surface area contributed by atoms with Gasteiger partial charge < -0.3 is 10.0 Å². The lowest BCUT2D eigenvalue weighted by Crippen LogP contribution is -2.35. The van der Waals surface area contributed by atoms with Crippen LogP contribution in [0.15, 0.2) is 48.8 Å². The monoisotopic (exact) mass is 344 g/mol. The van der Waals surface area contributed by atoms with Gasteiger partial charge in [-0.2, -0.15) is 0 Å². The minimum atomic E-state index is -0.894. The summed E-state index contributed by atoms with van der Waals surface area (Å²) in [6.45, 7) is 0.126. The summed E-state index contributed by atoms with van der Waals surface area (Å²) in [4.78, 5) is 17.8. The number of carbonyl (C=O) groups excluding carboxylic acids is 1. The third kappa shape index (κ3) is 4.70. The van der Waals surface area contributed by atoms with E-state index in [0.29, 0.717) is 11.1 Å². The highest BCUT2D eigenvalue weighted by atomic mass is 19.1. The predicted molar refractivity (Wildman–Crippen MR) is 89.3 cm³/mol. The Morgan fingerprint density at radius 2 is 1.96 bits per heavy atom. The van der Waals surface area contributed by atoms with Crippen LogP contribution < -0.4 is 0 Å². The predicted octanol–water partition coefficient (Wildman–Crippen LogP) is 3.10. The van der Waals surface area contributed by atoms with Gasteiger partial charge in [-0.1, -0.05) is 12.1 Å². The van der Waals surface area contributed by atoms with Gasteiger partial charge in [0.05, 0.1) is 18.8 Å². The lowest BCUT2D eigenvalue weighted by atomic mass is 10.1. The Balaban J connectivity index is 1.68. The number of pyridine rings is 1. The van der Waals surface area contributed by atoms with Crippen molar-refractivity contribution in [2.45, 2.75) is 25.0 Å². The second-order valence-electron chi connectivity index (χ2n) is 6.06. The number of hydrogen-bond acceptors (Lipinski definition) is 3. The summed E-state index contributed by atoms with van der Waals surface area (Å²) >= 11 is 0. The SMILES string of the molecule is O=C(/C=C/c1cncc(F)c1)N(CC(O)c1ccc(F)cc1)C1CC1. The molecule has 0 spiro atoms. The Kier molecular flexibility index (Phi) is 5.19. The summed E-state index contributed by atoms with van der Waals surface area (Å²) in [6.07, 6.45) is 6.28. The Hall–Kier alpha value is -2.60. The largest absolute Gasteiger partial charge is 0.387 e. The number of halogens is 2. The van der Waals surface area contributed by atoms with E-state index in [2.05, 4.69) is 4.98 Å². The lowest BCUT2D eigenvalue weighted by molar-refractivity contribution is -0.128. The third-order valence-electron chi connectivity index (χ3n) is 4.04. The van der Waals surface area contributed by atoms with Crippen molar-refractivity contribution in [1.29, 1.82) is 0 Å². The third-order valence-corrected chi connectivity index (χ3v) is 4.04. The Bertz CT molecular complexity index is 773. The number of aliphatic hydroxyl groups excluding tert-OH is 1. The van der Waals surface area contributed by atoms with E-state index in [9.17, 15) is 18.7 Å². The van der Waals surface area contributed by atoms with E-state index in [0.717, 1.165) is 19.0 Å². The van der Waals surface area contributed by atoms with Crippen molar-refractivity contribution in [2.24, 2.45) is 0 Å². The van der Waals surface area contributed by atoms with Crippen molar-refractivity contribution in [3.8, 4) is 0 Å². The molecule has 1 heterocycles. The second-order valence-corrected chi connectivity index (χ2v) is 6.06. The molecule has 1 N–H and O–H groups in total. The molecule has 3 rings (SSSR count).